The summed E-state index contributed by atoms with van der Waals surface area (Å²) in [5.41, 5.74) is 0.0975. The smallest absolute Gasteiger partial charge is 0.323 e. The molecular weight excluding hydrogens is 352 g/mol. The zero-order chi connectivity index (χ0) is 19.6. The predicted octanol–water partition coefficient (Wildman–Crippen LogP) is 1.33. The van der Waals surface area contributed by atoms with Gasteiger partial charge in [-0.3, -0.25) is 14.4 Å². The highest BCUT2D eigenvalue weighted by Gasteiger charge is 2.42. The topological polar surface area (TPSA) is 107 Å². The van der Waals surface area contributed by atoms with Crippen LogP contribution in [0.3, 0.4) is 0 Å². The third kappa shape index (κ3) is 3.99. The van der Waals surface area contributed by atoms with Gasteiger partial charge in [0, 0.05) is 32.1 Å². The van der Waals surface area contributed by atoms with Gasteiger partial charge in [0.05, 0.1) is 12.7 Å². The number of benzene rings is 1. The highest BCUT2D eigenvalue weighted by molar-refractivity contribution is 5.97. The quantitative estimate of drug-likeness (QED) is 0.821. The number of methoxy groups -OCH3 is 1. The first-order chi connectivity index (χ1) is 12.8. The summed E-state index contributed by atoms with van der Waals surface area (Å²) in [7, 11) is 1.49. The van der Waals surface area contributed by atoms with Crippen molar-refractivity contribution in [3.63, 3.8) is 0 Å². The molecule has 2 aliphatic rings. The van der Waals surface area contributed by atoms with Crippen LogP contribution >= 0.6 is 0 Å². The fraction of sp³-hybridized carbons (Fsp3) is 0.526. The number of piperidine rings is 2. The van der Waals surface area contributed by atoms with E-state index in [1.807, 2.05) is 0 Å². The number of likely N-dealkylation sites (tertiary alicyclic amines) is 2. The second-order valence-electron chi connectivity index (χ2n) is 7.32. The van der Waals surface area contributed by atoms with Crippen molar-refractivity contribution in [2.45, 2.75) is 25.7 Å². The number of hydrogen-bond acceptors (Lipinski definition) is 5. The van der Waals surface area contributed by atoms with Gasteiger partial charge in [-0.05, 0) is 36.8 Å². The summed E-state index contributed by atoms with van der Waals surface area (Å²) < 4.78 is 5.04. The molecule has 27 heavy (non-hydrogen) atoms. The lowest BCUT2D eigenvalue weighted by atomic mass is 9.72. The molecule has 1 aromatic carbocycles. The number of amides is 2. The summed E-state index contributed by atoms with van der Waals surface area (Å²) in [6, 6.07) is 4.60. The number of aliphatic carboxylic acids is 1. The fourth-order valence-electron chi connectivity index (χ4n) is 3.99. The number of hydrogen-bond donors (Lipinski definition) is 2. The van der Waals surface area contributed by atoms with Crippen LogP contribution in [-0.4, -0.2) is 71.1 Å². The van der Waals surface area contributed by atoms with Crippen molar-refractivity contribution in [1.29, 1.82) is 0 Å². The van der Waals surface area contributed by atoms with E-state index in [1.165, 1.54) is 18.1 Å². The number of carbonyl (C=O) groups excluding carboxylic acids is 2. The molecule has 2 N–H and O–H groups in total. The molecule has 1 aromatic rings. The van der Waals surface area contributed by atoms with E-state index in [1.54, 1.807) is 17.0 Å². The summed E-state index contributed by atoms with van der Waals surface area (Å²) in [5, 5.41) is 19.1. The number of ether oxygens (including phenoxy) is 1. The third-order valence-corrected chi connectivity index (χ3v) is 5.62. The van der Waals surface area contributed by atoms with Gasteiger partial charge in [-0.2, -0.15) is 0 Å². The van der Waals surface area contributed by atoms with Crippen LogP contribution in [0, 0.1) is 5.41 Å². The first-order valence-corrected chi connectivity index (χ1v) is 8.99. The molecule has 0 unspecified atom stereocenters. The minimum atomic E-state index is -1.01. The van der Waals surface area contributed by atoms with Gasteiger partial charge in [-0.1, -0.05) is 0 Å². The van der Waals surface area contributed by atoms with Gasteiger partial charge in [0.25, 0.3) is 5.91 Å². The molecule has 1 spiro atoms. The Bertz CT molecular complexity index is 755. The maximum Gasteiger partial charge on any atom is 0.323 e. The van der Waals surface area contributed by atoms with Crippen LogP contribution in [0.4, 0.5) is 0 Å². The molecule has 0 atom stereocenters. The Labute approximate surface area is 157 Å². The molecule has 2 heterocycles. The predicted molar refractivity (Wildman–Crippen MR) is 95.7 cm³/mol. The third-order valence-electron chi connectivity index (χ3n) is 5.62. The van der Waals surface area contributed by atoms with Crippen molar-refractivity contribution in [1.82, 2.24) is 9.80 Å². The average Bonchev–Trinajstić information content (AvgIpc) is 2.64. The van der Waals surface area contributed by atoms with E-state index in [2.05, 4.69) is 0 Å². The minimum Gasteiger partial charge on any atom is -0.507 e. The van der Waals surface area contributed by atoms with Gasteiger partial charge in [-0.15, -0.1) is 0 Å². The molecule has 0 bridgehead atoms. The molecule has 2 amide bonds. The maximum absolute atomic E-state index is 12.7. The molecule has 3 rings (SSSR count). The lowest BCUT2D eigenvalue weighted by Gasteiger charge is -2.47. The second kappa shape index (κ2) is 7.46. The van der Waals surface area contributed by atoms with E-state index >= 15 is 0 Å². The molecular formula is C19H24N2O6. The highest BCUT2D eigenvalue weighted by atomic mass is 16.5. The lowest BCUT2D eigenvalue weighted by Crippen LogP contribution is -2.53. The normalized spacial score (nSPS) is 19.2. The van der Waals surface area contributed by atoms with E-state index in [4.69, 9.17) is 9.84 Å². The molecule has 0 aromatic heterocycles. The van der Waals surface area contributed by atoms with E-state index in [9.17, 15) is 19.5 Å². The van der Waals surface area contributed by atoms with Crippen LogP contribution in [0.5, 0.6) is 11.5 Å². The minimum absolute atomic E-state index is 0.115. The number of phenols is 1. The van der Waals surface area contributed by atoms with E-state index in [-0.39, 0.29) is 35.1 Å². The van der Waals surface area contributed by atoms with Crippen molar-refractivity contribution in [3.8, 4) is 11.5 Å². The standard InChI is InChI=1S/C19H24N2O6/c1-27-13-2-3-14(15(22)10-13)18(26)20-8-6-19(7-9-20)5-4-16(23)21(12-19)11-17(24)25/h2-3,10,22H,4-9,11-12H2,1H3,(H,24,25). The molecule has 8 heteroatoms. The van der Waals surface area contributed by atoms with Gasteiger partial charge < -0.3 is 24.7 Å². The second-order valence-corrected chi connectivity index (χ2v) is 7.32. The Morgan fingerprint density at radius 2 is 1.93 bits per heavy atom. The van der Waals surface area contributed by atoms with Crippen LogP contribution in [0.1, 0.15) is 36.0 Å². The number of carboxylic acid groups (broad SMARTS) is 1. The summed E-state index contributed by atoms with van der Waals surface area (Å²) in [6.45, 7) is 1.18. The number of carbonyl (C=O) groups is 3. The van der Waals surface area contributed by atoms with Crippen LogP contribution < -0.4 is 4.74 Å². The molecule has 0 radical (unpaired) electrons. The van der Waals surface area contributed by atoms with Crippen LogP contribution in [-0.2, 0) is 9.59 Å². The zero-order valence-corrected chi connectivity index (χ0v) is 15.3. The lowest BCUT2D eigenvalue weighted by molar-refractivity contribution is -0.149. The molecule has 2 aliphatic heterocycles. The van der Waals surface area contributed by atoms with Crippen molar-refractivity contribution in [3.05, 3.63) is 23.8 Å². The summed E-state index contributed by atoms with van der Waals surface area (Å²) in [4.78, 5) is 38.8. The number of phenolic OH excluding ortho intramolecular Hbond substituents is 1. The molecule has 2 fully saturated rings. The number of aromatic hydroxyl groups is 1. The average molecular weight is 376 g/mol. The first-order valence-electron chi connectivity index (χ1n) is 8.99. The van der Waals surface area contributed by atoms with Gasteiger partial charge >= 0.3 is 5.97 Å². The Morgan fingerprint density at radius 1 is 1.22 bits per heavy atom. The van der Waals surface area contributed by atoms with Crippen LogP contribution in [0.25, 0.3) is 0 Å². The Balaban J connectivity index is 1.65. The molecule has 146 valence electrons. The fourth-order valence-corrected chi connectivity index (χ4v) is 3.99. The Morgan fingerprint density at radius 3 is 2.52 bits per heavy atom. The molecule has 0 aliphatic carbocycles. The Kier molecular flexibility index (Phi) is 5.25. The van der Waals surface area contributed by atoms with E-state index in [0.29, 0.717) is 44.6 Å². The number of rotatable bonds is 4. The van der Waals surface area contributed by atoms with Gasteiger partial charge in [-0.25, -0.2) is 0 Å². The number of carboxylic acids is 1. The first kappa shape index (κ1) is 19.0. The van der Waals surface area contributed by atoms with Crippen LogP contribution in [0.15, 0.2) is 18.2 Å². The molecule has 0 saturated carbocycles. The number of nitrogens with zero attached hydrogens (tertiary/aromatic N) is 2. The van der Waals surface area contributed by atoms with Crippen molar-refractivity contribution in [2.75, 3.05) is 33.3 Å². The van der Waals surface area contributed by atoms with Crippen molar-refractivity contribution in [2.24, 2.45) is 5.41 Å². The molecule has 2 saturated heterocycles. The highest BCUT2D eigenvalue weighted by Crippen LogP contribution is 2.40. The van der Waals surface area contributed by atoms with Gasteiger partial charge in [0.1, 0.15) is 18.0 Å². The Hall–Kier alpha value is -2.77. The van der Waals surface area contributed by atoms with Gasteiger partial charge in [0.15, 0.2) is 0 Å². The van der Waals surface area contributed by atoms with Crippen molar-refractivity contribution < 1.29 is 29.3 Å². The largest absolute Gasteiger partial charge is 0.507 e. The zero-order valence-electron chi connectivity index (χ0n) is 15.3. The van der Waals surface area contributed by atoms with E-state index in [0.717, 1.165) is 6.42 Å². The van der Waals surface area contributed by atoms with Gasteiger partial charge in [0.2, 0.25) is 5.91 Å². The maximum atomic E-state index is 12.7. The van der Waals surface area contributed by atoms with E-state index < -0.39 is 5.97 Å². The SMILES string of the molecule is COc1ccc(C(=O)N2CCC3(CCC(=O)N(CC(=O)O)C3)CC2)c(O)c1. The summed E-state index contributed by atoms with van der Waals surface area (Å²) in [6.07, 6.45) is 2.48. The molecule has 8 nitrogen and oxygen atoms in total. The van der Waals surface area contributed by atoms with Crippen molar-refractivity contribution >= 4 is 17.8 Å². The summed E-state index contributed by atoms with van der Waals surface area (Å²) >= 11 is 0. The monoisotopic (exact) mass is 376 g/mol. The summed E-state index contributed by atoms with van der Waals surface area (Å²) in [5.74, 6) is -1.01. The van der Waals surface area contributed by atoms with Crippen LogP contribution in [0.2, 0.25) is 0 Å².